The van der Waals surface area contributed by atoms with E-state index < -0.39 is 0 Å². The van der Waals surface area contributed by atoms with Crippen LogP contribution in [-0.2, 0) is 10.2 Å². The molecule has 7 heteroatoms. The fraction of sp³-hybridized carbons (Fsp3) is 0.500. The molecule has 0 radical (unpaired) electrons. The Morgan fingerprint density at radius 1 is 1.32 bits per heavy atom. The van der Waals surface area contributed by atoms with Crippen LogP contribution in [0.2, 0.25) is 0 Å². The second-order valence-electron chi connectivity index (χ2n) is 7.20. The number of ether oxygens (including phenoxy) is 1. The van der Waals surface area contributed by atoms with E-state index in [1.807, 2.05) is 12.1 Å². The summed E-state index contributed by atoms with van der Waals surface area (Å²) in [6.45, 7) is 6.95. The number of nitrogens with zero attached hydrogens (tertiary/aromatic N) is 2. The highest BCUT2D eigenvalue weighted by atomic mass is 32.1. The quantitative estimate of drug-likeness (QED) is 0.871. The molecule has 3 heterocycles. The maximum Gasteiger partial charge on any atom is 0.320 e. The molecular weight excluding hydrogens is 336 g/mol. The van der Waals surface area contributed by atoms with Gasteiger partial charge < -0.3 is 10.1 Å². The van der Waals surface area contributed by atoms with Gasteiger partial charge in [-0.3, -0.25) is 10.3 Å². The third-order valence-electron chi connectivity index (χ3n) is 4.18. The van der Waals surface area contributed by atoms with Crippen molar-refractivity contribution in [3.8, 4) is 0 Å². The number of nitrogens with one attached hydrogen (secondary N) is 2. The minimum Gasteiger partial charge on any atom is -0.371 e. The standard InChI is InChI=1S/C18H24N4O2S/c1-18(2,3)15-16(25-11-20-15)22-17(23)21-13-5-4-10-24-14(13)12-6-8-19-9-7-12/h6-9,11,13-14H,4-5,10H2,1-3H3,(H2,21,22,23)/t13-,14+/m0/s1. The summed E-state index contributed by atoms with van der Waals surface area (Å²) in [6.07, 6.45) is 5.16. The lowest BCUT2D eigenvalue weighted by molar-refractivity contribution is -0.00700. The fourth-order valence-electron chi connectivity index (χ4n) is 2.99. The molecule has 6 nitrogen and oxygen atoms in total. The molecule has 0 bridgehead atoms. The summed E-state index contributed by atoms with van der Waals surface area (Å²) < 4.78 is 5.91. The van der Waals surface area contributed by atoms with E-state index in [1.54, 1.807) is 17.9 Å². The smallest absolute Gasteiger partial charge is 0.320 e. The molecule has 3 rings (SSSR count). The van der Waals surface area contributed by atoms with Crippen LogP contribution >= 0.6 is 11.3 Å². The van der Waals surface area contributed by atoms with Crippen LogP contribution in [0, 0.1) is 0 Å². The van der Waals surface area contributed by atoms with Crippen molar-refractivity contribution in [1.82, 2.24) is 15.3 Å². The zero-order chi connectivity index (χ0) is 17.9. The molecule has 0 aromatic carbocycles. The zero-order valence-corrected chi connectivity index (χ0v) is 15.6. The van der Waals surface area contributed by atoms with Gasteiger partial charge in [-0.1, -0.05) is 20.8 Å². The van der Waals surface area contributed by atoms with Crippen molar-refractivity contribution in [1.29, 1.82) is 0 Å². The lowest BCUT2D eigenvalue weighted by Gasteiger charge is -2.32. The topological polar surface area (TPSA) is 76.1 Å². The van der Waals surface area contributed by atoms with E-state index in [0.717, 1.165) is 29.1 Å². The van der Waals surface area contributed by atoms with Gasteiger partial charge >= 0.3 is 6.03 Å². The van der Waals surface area contributed by atoms with Crippen molar-refractivity contribution in [2.24, 2.45) is 0 Å². The summed E-state index contributed by atoms with van der Waals surface area (Å²) in [6, 6.07) is 3.58. The highest BCUT2D eigenvalue weighted by Crippen LogP contribution is 2.32. The molecule has 2 N–H and O–H groups in total. The van der Waals surface area contributed by atoms with Crippen molar-refractivity contribution >= 4 is 22.4 Å². The first-order valence-corrected chi connectivity index (χ1v) is 9.36. The molecule has 1 fully saturated rings. The van der Waals surface area contributed by atoms with Crippen LogP contribution in [0.5, 0.6) is 0 Å². The number of aromatic nitrogens is 2. The van der Waals surface area contributed by atoms with Crippen LogP contribution in [0.4, 0.5) is 9.80 Å². The van der Waals surface area contributed by atoms with Crippen LogP contribution in [0.3, 0.4) is 0 Å². The Labute approximate surface area is 152 Å². The minimum atomic E-state index is -0.218. The first-order chi connectivity index (χ1) is 11.9. The van der Waals surface area contributed by atoms with Gasteiger partial charge in [0.25, 0.3) is 0 Å². The summed E-state index contributed by atoms with van der Waals surface area (Å²) >= 11 is 1.44. The number of amides is 2. The largest absolute Gasteiger partial charge is 0.371 e. The molecular formula is C18H24N4O2S. The Balaban J connectivity index is 1.68. The average molecular weight is 360 g/mol. The number of pyridine rings is 1. The first-order valence-electron chi connectivity index (χ1n) is 8.48. The van der Waals surface area contributed by atoms with Gasteiger partial charge in [0.1, 0.15) is 11.1 Å². The van der Waals surface area contributed by atoms with E-state index in [0.29, 0.717) is 6.61 Å². The van der Waals surface area contributed by atoms with Crippen LogP contribution < -0.4 is 10.6 Å². The van der Waals surface area contributed by atoms with Crippen molar-refractivity contribution in [3.63, 3.8) is 0 Å². The number of thiazole rings is 1. The Morgan fingerprint density at radius 2 is 2.08 bits per heavy atom. The van der Waals surface area contributed by atoms with Crippen LogP contribution in [0.25, 0.3) is 0 Å². The monoisotopic (exact) mass is 360 g/mol. The van der Waals surface area contributed by atoms with Gasteiger partial charge in [0.05, 0.1) is 17.2 Å². The summed E-state index contributed by atoms with van der Waals surface area (Å²) in [5, 5.41) is 6.82. The zero-order valence-electron chi connectivity index (χ0n) is 14.8. The van der Waals surface area contributed by atoms with Crippen molar-refractivity contribution in [3.05, 3.63) is 41.3 Å². The van der Waals surface area contributed by atoms with Crippen molar-refractivity contribution < 1.29 is 9.53 Å². The number of hydrogen-bond acceptors (Lipinski definition) is 5. The Morgan fingerprint density at radius 3 is 2.80 bits per heavy atom. The number of anilines is 1. The molecule has 2 aromatic rings. The second kappa shape index (κ2) is 7.49. The first kappa shape index (κ1) is 17.8. The predicted molar refractivity (Wildman–Crippen MR) is 98.9 cm³/mol. The van der Waals surface area contributed by atoms with Crippen LogP contribution in [0.15, 0.2) is 30.0 Å². The van der Waals surface area contributed by atoms with Gasteiger partial charge in [-0.25, -0.2) is 9.78 Å². The molecule has 1 aliphatic rings. The summed E-state index contributed by atoms with van der Waals surface area (Å²) in [5.74, 6) is 0. The number of carbonyl (C=O) groups excluding carboxylic acids is 1. The number of rotatable bonds is 3. The lowest BCUT2D eigenvalue weighted by Crippen LogP contribution is -2.44. The predicted octanol–water partition coefficient (Wildman–Crippen LogP) is 3.88. The van der Waals surface area contributed by atoms with Gasteiger partial charge in [-0.05, 0) is 30.5 Å². The Bertz CT molecular complexity index is 711. The molecule has 25 heavy (non-hydrogen) atoms. The third kappa shape index (κ3) is 4.35. The van der Waals surface area contributed by atoms with Crippen LogP contribution in [-0.4, -0.2) is 28.6 Å². The molecule has 0 aliphatic carbocycles. The minimum absolute atomic E-state index is 0.0674. The van der Waals surface area contributed by atoms with Crippen molar-refractivity contribution in [2.75, 3.05) is 11.9 Å². The van der Waals surface area contributed by atoms with E-state index in [2.05, 4.69) is 41.4 Å². The van der Waals surface area contributed by atoms with E-state index in [-0.39, 0.29) is 23.6 Å². The summed E-state index contributed by atoms with van der Waals surface area (Å²) in [7, 11) is 0. The van der Waals surface area contributed by atoms with Gasteiger partial charge in [0.2, 0.25) is 0 Å². The van der Waals surface area contributed by atoms with Crippen LogP contribution in [0.1, 0.15) is 51.0 Å². The number of carbonyl (C=O) groups is 1. The molecule has 1 saturated heterocycles. The molecule has 2 amide bonds. The molecule has 1 aliphatic heterocycles. The van der Waals surface area contributed by atoms with Gasteiger partial charge in [-0.15, -0.1) is 11.3 Å². The maximum atomic E-state index is 12.5. The van der Waals surface area contributed by atoms with E-state index in [4.69, 9.17) is 4.74 Å². The molecule has 0 spiro atoms. The number of hydrogen-bond donors (Lipinski definition) is 2. The fourth-order valence-corrected chi connectivity index (χ4v) is 3.87. The Hall–Kier alpha value is -1.99. The molecule has 2 atom stereocenters. The van der Waals surface area contributed by atoms with Crippen molar-refractivity contribution in [2.45, 2.75) is 51.2 Å². The summed E-state index contributed by atoms with van der Waals surface area (Å²) in [5.41, 5.74) is 3.59. The van der Waals surface area contributed by atoms with Gasteiger partial charge in [0, 0.05) is 24.4 Å². The lowest BCUT2D eigenvalue weighted by atomic mass is 9.92. The average Bonchev–Trinajstić information content (AvgIpc) is 3.04. The van der Waals surface area contributed by atoms with E-state index in [9.17, 15) is 4.79 Å². The molecule has 0 saturated carbocycles. The van der Waals surface area contributed by atoms with Gasteiger partial charge in [-0.2, -0.15) is 0 Å². The molecule has 0 unspecified atom stereocenters. The SMILES string of the molecule is CC(C)(C)c1ncsc1NC(=O)N[C@H]1CCCO[C@@H]1c1ccncc1. The maximum absolute atomic E-state index is 12.5. The second-order valence-corrected chi connectivity index (χ2v) is 8.05. The normalized spacial score (nSPS) is 20.9. The number of urea groups is 1. The Kier molecular flexibility index (Phi) is 5.34. The summed E-state index contributed by atoms with van der Waals surface area (Å²) in [4.78, 5) is 21.0. The van der Waals surface area contributed by atoms with Gasteiger partial charge in [0.15, 0.2) is 0 Å². The highest BCUT2D eigenvalue weighted by Gasteiger charge is 2.29. The molecule has 134 valence electrons. The van der Waals surface area contributed by atoms with E-state index >= 15 is 0 Å². The highest BCUT2D eigenvalue weighted by molar-refractivity contribution is 7.14. The molecule has 2 aromatic heterocycles. The van der Waals surface area contributed by atoms with E-state index in [1.165, 1.54) is 11.3 Å². The third-order valence-corrected chi connectivity index (χ3v) is 4.92.